The number of primary sulfonamides is 4. The molecule has 0 saturated heterocycles. The van der Waals surface area contributed by atoms with Crippen molar-refractivity contribution in [1.82, 2.24) is 0 Å². The van der Waals surface area contributed by atoms with E-state index in [0.717, 1.165) is 0 Å². The first-order valence-electron chi connectivity index (χ1n) is 14.3. The monoisotopic (exact) mass is 772 g/mol. The van der Waals surface area contributed by atoms with Gasteiger partial charge in [-0.3, -0.25) is 0 Å². The maximum atomic E-state index is 10.9. The average Bonchev–Trinajstić information content (AvgIpc) is 2.97. The van der Waals surface area contributed by atoms with Crippen LogP contribution in [0, 0.1) is 0 Å². The highest BCUT2D eigenvalue weighted by molar-refractivity contribution is 7.90. The van der Waals surface area contributed by atoms with Crippen LogP contribution in [-0.2, 0) is 59.0 Å². The average molecular weight is 773 g/mol. The van der Waals surface area contributed by atoms with Crippen molar-refractivity contribution in [2.45, 2.75) is 98.8 Å². The third-order valence-corrected chi connectivity index (χ3v) is 12.3. The van der Waals surface area contributed by atoms with Crippen LogP contribution in [0.3, 0.4) is 0 Å². The number of methoxy groups -OCH3 is 4. The maximum absolute atomic E-state index is 10.9. The van der Waals surface area contributed by atoms with Crippen molar-refractivity contribution in [3.8, 4) is 0 Å². The molecule has 288 valence electrons. The zero-order valence-corrected chi connectivity index (χ0v) is 32.7. The molecule has 0 aromatic rings. The summed E-state index contributed by atoms with van der Waals surface area (Å²) in [5.41, 5.74) is 0. The molecule has 0 saturated carbocycles. The van der Waals surface area contributed by atoms with Gasteiger partial charge >= 0.3 is 0 Å². The second kappa shape index (κ2) is 26.3. The van der Waals surface area contributed by atoms with Crippen LogP contribution in [0.25, 0.3) is 0 Å². The van der Waals surface area contributed by atoms with Crippen LogP contribution in [0.1, 0.15) is 53.4 Å². The van der Waals surface area contributed by atoms with E-state index in [1.807, 2.05) is 0 Å². The Balaban J connectivity index is -0.000000269. The van der Waals surface area contributed by atoms with Gasteiger partial charge in [0.25, 0.3) is 0 Å². The van der Waals surface area contributed by atoms with Crippen molar-refractivity contribution >= 4 is 40.1 Å². The van der Waals surface area contributed by atoms with Crippen molar-refractivity contribution in [2.75, 3.05) is 28.4 Å². The minimum absolute atomic E-state index is 0.405. The largest absolute Gasteiger partial charge is 0.380 e. The lowest BCUT2D eigenvalue weighted by molar-refractivity contribution is 0.104. The van der Waals surface area contributed by atoms with Crippen LogP contribution < -0.4 is 20.6 Å². The molecule has 0 spiro atoms. The molecule has 0 aromatic heterocycles. The van der Waals surface area contributed by atoms with E-state index in [1.54, 1.807) is 24.3 Å². The van der Waals surface area contributed by atoms with Crippen molar-refractivity contribution in [1.29, 1.82) is 0 Å². The lowest BCUT2D eigenvalue weighted by Gasteiger charge is -2.18. The van der Waals surface area contributed by atoms with Gasteiger partial charge in [-0.2, -0.15) is 0 Å². The van der Waals surface area contributed by atoms with Gasteiger partial charge in [0.05, 0.1) is 45.4 Å². The molecule has 0 aliphatic carbocycles. The fraction of sp³-hybridized carbons (Fsp3) is 0.714. The van der Waals surface area contributed by atoms with Crippen molar-refractivity contribution in [3.05, 3.63) is 50.6 Å². The van der Waals surface area contributed by atoms with Crippen LogP contribution in [0.2, 0.25) is 0 Å². The van der Waals surface area contributed by atoms with Crippen LogP contribution in [-0.4, -0.2) is 108 Å². The van der Waals surface area contributed by atoms with E-state index in [-0.39, 0.29) is 0 Å². The molecular weight excluding hydrogens is 713 g/mol. The molecule has 0 radical (unpaired) electrons. The fourth-order valence-corrected chi connectivity index (χ4v) is 6.00. The van der Waals surface area contributed by atoms with E-state index in [4.69, 9.17) is 39.5 Å². The van der Waals surface area contributed by atoms with E-state index in [0.29, 0.717) is 25.7 Å². The SMILES string of the molecule is C=CC[C@@H](OC)[C@@H](C)S(N)(=O)=O.C=CC[C@@H](OC)[C@H](C)S(N)(=O)=O.C=CC[C@H](OC)[C@@H](C)S(N)(=O)=O.C=CC[C@H](OC)[C@H](C)S(N)(=O)=O. The van der Waals surface area contributed by atoms with Gasteiger partial charge in [0, 0.05) is 28.4 Å². The van der Waals surface area contributed by atoms with E-state index in [9.17, 15) is 33.7 Å². The smallest absolute Gasteiger partial charge is 0.214 e. The summed E-state index contributed by atoms with van der Waals surface area (Å²) in [5, 5.41) is 17.0. The summed E-state index contributed by atoms with van der Waals surface area (Å²) in [6.45, 7) is 20.1. The van der Waals surface area contributed by atoms with Crippen LogP contribution in [0.5, 0.6) is 0 Å². The summed E-state index contributed by atoms with van der Waals surface area (Å²) in [7, 11) is -8.22. The summed E-state index contributed by atoms with van der Waals surface area (Å²) in [6.07, 6.45) is 6.73. The first-order valence-corrected chi connectivity index (χ1v) is 20.8. The molecule has 0 aromatic carbocycles. The van der Waals surface area contributed by atoms with E-state index < -0.39 is 85.5 Å². The normalized spacial score (nSPS) is 16.9. The zero-order chi connectivity index (χ0) is 39.1. The summed E-state index contributed by atoms with van der Waals surface area (Å²) in [6, 6.07) is 0. The Kier molecular flexibility index (Phi) is 29.1. The summed E-state index contributed by atoms with van der Waals surface area (Å²) < 4.78 is 107. The minimum atomic E-state index is -3.51. The lowest BCUT2D eigenvalue weighted by atomic mass is 10.2. The first-order chi connectivity index (χ1) is 21.7. The molecule has 0 unspecified atom stereocenters. The van der Waals surface area contributed by atoms with Crippen LogP contribution in [0.15, 0.2) is 50.6 Å². The highest BCUT2D eigenvalue weighted by Crippen LogP contribution is 2.12. The minimum Gasteiger partial charge on any atom is -0.380 e. The maximum Gasteiger partial charge on any atom is 0.214 e. The quantitative estimate of drug-likeness (QED) is 0.126. The van der Waals surface area contributed by atoms with Gasteiger partial charge in [0.15, 0.2) is 0 Å². The van der Waals surface area contributed by atoms with Crippen molar-refractivity contribution in [3.63, 3.8) is 0 Å². The summed E-state index contributed by atoms with van der Waals surface area (Å²) >= 11 is 0. The van der Waals surface area contributed by atoms with Gasteiger partial charge < -0.3 is 18.9 Å². The highest BCUT2D eigenvalue weighted by Gasteiger charge is 2.27. The molecule has 0 heterocycles. The Morgan fingerprint density at radius 3 is 0.604 bits per heavy atom. The van der Waals surface area contributed by atoms with Gasteiger partial charge in [-0.25, -0.2) is 54.2 Å². The lowest BCUT2D eigenvalue weighted by Crippen LogP contribution is -2.37. The third kappa shape index (κ3) is 24.6. The summed E-state index contributed by atoms with van der Waals surface area (Å²) in [5.74, 6) is 0. The number of hydrogen-bond acceptors (Lipinski definition) is 12. The Morgan fingerprint density at radius 1 is 0.417 bits per heavy atom. The highest BCUT2D eigenvalue weighted by atomic mass is 32.2. The molecule has 0 rings (SSSR count). The second-order valence-electron chi connectivity index (χ2n) is 10.4. The molecule has 0 aliphatic heterocycles. The Morgan fingerprint density at radius 2 is 0.542 bits per heavy atom. The van der Waals surface area contributed by atoms with Crippen molar-refractivity contribution in [2.24, 2.45) is 20.6 Å². The summed E-state index contributed by atoms with van der Waals surface area (Å²) in [4.78, 5) is 0. The molecular formula is C28H60N4O12S4. The zero-order valence-electron chi connectivity index (χ0n) is 29.4. The van der Waals surface area contributed by atoms with Crippen LogP contribution >= 0.6 is 0 Å². The van der Waals surface area contributed by atoms with Gasteiger partial charge in [0.2, 0.25) is 40.1 Å². The predicted molar refractivity (Wildman–Crippen MR) is 193 cm³/mol. The van der Waals surface area contributed by atoms with Gasteiger partial charge in [-0.05, 0) is 53.4 Å². The number of sulfonamides is 4. The number of rotatable bonds is 20. The van der Waals surface area contributed by atoms with Crippen molar-refractivity contribution < 1.29 is 52.6 Å². The molecule has 8 N–H and O–H groups in total. The van der Waals surface area contributed by atoms with E-state index in [1.165, 1.54) is 56.1 Å². The van der Waals surface area contributed by atoms with Gasteiger partial charge in [0.1, 0.15) is 0 Å². The van der Waals surface area contributed by atoms with E-state index >= 15 is 0 Å². The van der Waals surface area contributed by atoms with Crippen LogP contribution in [0.4, 0.5) is 0 Å². The Bertz CT molecular complexity index is 1150. The first kappa shape index (κ1) is 53.2. The molecule has 48 heavy (non-hydrogen) atoms. The standard InChI is InChI=1S/4C7H15NO3S/c4*1-4-5-7(11-3)6(2)12(8,9)10/h4*4,6-7H,1,5H2,2-3H3,(H2,8,9,10)/t2*6-,7+;2*6-,7-/m1010/s1. The molecule has 0 amide bonds. The Labute approximate surface area is 290 Å². The molecule has 0 aliphatic rings. The number of hydrogen-bond donors (Lipinski definition) is 4. The number of ether oxygens (including phenoxy) is 4. The predicted octanol–water partition coefficient (Wildman–Crippen LogP) is 1.02. The molecule has 16 nitrogen and oxygen atoms in total. The molecule has 0 fully saturated rings. The topological polar surface area (TPSA) is 278 Å². The molecule has 20 heteroatoms. The molecule has 8 atom stereocenters. The van der Waals surface area contributed by atoms with E-state index in [2.05, 4.69) is 26.3 Å². The second-order valence-corrected chi connectivity index (χ2v) is 18.1. The van der Waals surface area contributed by atoms with Gasteiger partial charge in [-0.1, -0.05) is 24.3 Å². The Hall–Kier alpha value is -1.56. The molecule has 0 bridgehead atoms. The third-order valence-electron chi connectivity index (χ3n) is 6.97. The van der Waals surface area contributed by atoms with Gasteiger partial charge in [-0.15, -0.1) is 26.3 Å². The fourth-order valence-electron chi connectivity index (χ4n) is 3.42. The number of nitrogens with two attached hydrogens (primary N) is 4.